The van der Waals surface area contributed by atoms with E-state index in [1.54, 1.807) is 0 Å². The Balaban J connectivity index is 1.69. The molecule has 0 bridgehead atoms. The van der Waals surface area contributed by atoms with Gasteiger partial charge in [0.05, 0.1) is 0 Å². The van der Waals surface area contributed by atoms with Gasteiger partial charge in [-0.25, -0.2) is 0 Å². The van der Waals surface area contributed by atoms with Crippen LogP contribution in [0.1, 0.15) is 57.7 Å². The van der Waals surface area contributed by atoms with Gasteiger partial charge in [-0.2, -0.15) is 0 Å². The Labute approximate surface area is 129 Å². The number of hydrogen-bond donors (Lipinski definition) is 1. The Hall–Kier alpha value is -0.860. The number of hydrogen-bond acceptors (Lipinski definition) is 2. The molecule has 3 atom stereocenters. The quantitative estimate of drug-likeness (QED) is 0.891. The van der Waals surface area contributed by atoms with E-state index in [2.05, 4.69) is 62.2 Å². The summed E-state index contributed by atoms with van der Waals surface area (Å²) in [5, 5.41) is 3.70. The third kappa shape index (κ3) is 3.17. The van der Waals surface area contributed by atoms with Crippen molar-refractivity contribution >= 4 is 0 Å². The minimum atomic E-state index is 0.244. The fourth-order valence-corrected chi connectivity index (χ4v) is 3.87. The predicted molar refractivity (Wildman–Crippen MR) is 89.6 cm³/mol. The summed E-state index contributed by atoms with van der Waals surface area (Å²) < 4.78 is 0. The average Bonchev–Trinajstić information content (AvgIpc) is 2.89. The molecule has 21 heavy (non-hydrogen) atoms. The van der Waals surface area contributed by atoms with Crippen LogP contribution in [0.3, 0.4) is 0 Å². The van der Waals surface area contributed by atoms with Crippen molar-refractivity contribution in [1.29, 1.82) is 0 Å². The summed E-state index contributed by atoms with van der Waals surface area (Å²) in [5.41, 5.74) is 3.13. The second-order valence-electron chi connectivity index (χ2n) is 7.96. The lowest BCUT2D eigenvalue weighted by atomic mass is 9.86. The van der Waals surface area contributed by atoms with Crippen LogP contribution in [0.4, 0.5) is 0 Å². The number of fused-ring (bicyclic) bond motifs is 1. The minimum absolute atomic E-state index is 0.244. The van der Waals surface area contributed by atoms with Crippen LogP contribution < -0.4 is 5.32 Å². The summed E-state index contributed by atoms with van der Waals surface area (Å²) >= 11 is 0. The van der Waals surface area contributed by atoms with E-state index >= 15 is 0 Å². The van der Waals surface area contributed by atoms with E-state index in [0.29, 0.717) is 6.04 Å². The molecule has 3 rings (SSSR count). The van der Waals surface area contributed by atoms with Gasteiger partial charge in [-0.1, -0.05) is 45.0 Å². The second-order valence-corrected chi connectivity index (χ2v) is 7.96. The number of benzene rings is 1. The molecule has 2 heterocycles. The topological polar surface area (TPSA) is 15.3 Å². The highest BCUT2D eigenvalue weighted by Gasteiger charge is 2.36. The molecule has 0 aromatic heterocycles. The molecule has 1 aromatic carbocycles. The van der Waals surface area contributed by atoms with Gasteiger partial charge in [0.2, 0.25) is 0 Å². The molecule has 2 aliphatic heterocycles. The maximum atomic E-state index is 3.70. The lowest BCUT2D eigenvalue weighted by Crippen LogP contribution is -2.40. The molecule has 2 aliphatic rings. The molecule has 116 valence electrons. The third-order valence-electron chi connectivity index (χ3n) is 5.43. The van der Waals surface area contributed by atoms with Gasteiger partial charge in [0.1, 0.15) is 0 Å². The first kappa shape index (κ1) is 15.1. The molecule has 1 unspecified atom stereocenters. The fraction of sp³-hybridized carbons (Fsp3) is 0.684. The highest BCUT2D eigenvalue weighted by Crippen LogP contribution is 2.32. The zero-order valence-electron chi connectivity index (χ0n) is 14.0. The summed E-state index contributed by atoms with van der Waals surface area (Å²) in [7, 11) is 0. The Kier molecular flexibility index (Phi) is 4.11. The lowest BCUT2D eigenvalue weighted by Gasteiger charge is -2.26. The van der Waals surface area contributed by atoms with Gasteiger partial charge in [-0.15, -0.1) is 0 Å². The lowest BCUT2D eigenvalue weighted by molar-refractivity contribution is 0.251. The molecule has 2 nitrogen and oxygen atoms in total. The Morgan fingerprint density at radius 1 is 1.14 bits per heavy atom. The molecule has 0 spiro atoms. The molecule has 2 heteroatoms. The van der Waals surface area contributed by atoms with Gasteiger partial charge in [-0.3, -0.25) is 4.90 Å². The Morgan fingerprint density at radius 2 is 1.86 bits per heavy atom. The van der Waals surface area contributed by atoms with E-state index in [9.17, 15) is 0 Å². The molecular formula is C19H30N2. The Bertz CT molecular complexity index is 457. The van der Waals surface area contributed by atoms with Crippen molar-refractivity contribution in [2.75, 3.05) is 19.6 Å². The normalized spacial score (nSPS) is 28.4. The van der Waals surface area contributed by atoms with Gasteiger partial charge in [0.15, 0.2) is 0 Å². The van der Waals surface area contributed by atoms with E-state index in [0.717, 1.165) is 12.0 Å². The van der Waals surface area contributed by atoms with Crippen molar-refractivity contribution in [1.82, 2.24) is 10.2 Å². The largest absolute Gasteiger partial charge is 0.312 e. The highest BCUT2D eigenvalue weighted by atomic mass is 15.2. The van der Waals surface area contributed by atoms with Gasteiger partial charge in [-0.05, 0) is 48.8 Å². The average molecular weight is 286 g/mol. The van der Waals surface area contributed by atoms with Gasteiger partial charge >= 0.3 is 0 Å². The highest BCUT2D eigenvalue weighted by molar-refractivity contribution is 5.29. The molecular weight excluding hydrogens is 256 g/mol. The molecule has 2 saturated heterocycles. The van der Waals surface area contributed by atoms with Crippen LogP contribution in [0.15, 0.2) is 24.3 Å². The Morgan fingerprint density at radius 3 is 2.48 bits per heavy atom. The van der Waals surface area contributed by atoms with Crippen LogP contribution >= 0.6 is 0 Å². The van der Waals surface area contributed by atoms with E-state index < -0.39 is 0 Å². The zero-order chi connectivity index (χ0) is 15.0. The zero-order valence-corrected chi connectivity index (χ0v) is 14.0. The smallest absolute Gasteiger partial charge is 0.0320 e. The predicted octanol–water partition coefficient (Wildman–Crippen LogP) is 3.73. The van der Waals surface area contributed by atoms with E-state index in [4.69, 9.17) is 0 Å². The molecule has 0 saturated carbocycles. The maximum Gasteiger partial charge on any atom is 0.0320 e. The van der Waals surface area contributed by atoms with Crippen molar-refractivity contribution in [2.24, 2.45) is 5.92 Å². The first-order chi connectivity index (χ1) is 9.95. The summed E-state index contributed by atoms with van der Waals surface area (Å²) in [6.45, 7) is 12.9. The minimum Gasteiger partial charge on any atom is -0.312 e. The van der Waals surface area contributed by atoms with Crippen molar-refractivity contribution in [2.45, 2.75) is 58.0 Å². The van der Waals surface area contributed by atoms with Crippen LogP contribution in [0.25, 0.3) is 0 Å². The van der Waals surface area contributed by atoms with Crippen LogP contribution in [-0.4, -0.2) is 30.6 Å². The van der Waals surface area contributed by atoms with E-state index in [1.165, 1.54) is 43.6 Å². The summed E-state index contributed by atoms with van der Waals surface area (Å²) in [4.78, 5) is 2.67. The van der Waals surface area contributed by atoms with Crippen molar-refractivity contribution in [3.63, 3.8) is 0 Å². The van der Waals surface area contributed by atoms with Gasteiger partial charge < -0.3 is 5.32 Å². The first-order valence-corrected chi connectivity index (χ1v) is 8.53. The number of likely N-dealkylation sites (tertiary alicyclic amines) is 1. The van der Waals surface area contributed by atoms with E-state index in [1.807, 2.05) is 0 Å². The molecule has 0 amide bonds. The van der Waals surface area contributed by atoms with E-state index in [-0.39, 0.29) is 5.41 Å². The third-order valence-corrected chi connectivity index (χ3v) is 5.43. The number of piperidine rings is 1. The molecule has 0 radical (unpaired) electrons. The molecule has 1 aromatic rings. The molecule has 0 aliphatic carbocycles. The van der Waals surface area contributed by atoms with Gasteiger partial charge in [0, 0.05) is 25.2 Å². The van der Waals surface area contributed by atoms with Crippen LogP contribution in [0.2, 0.25) is 0 Å². The van der Waals surface area contributed by atoms with Crippen molar-refractivity contribution in [3.8, 4) is 0 Å². The standard InChI is InChI=1S/C19H30N2/c1-14(15-7-9-17(10-8-15)19(2,3)4)21-12-16-6-5-11-20-18(16)13-21/h7-10,14,16,18,20H,5-6,11-13H2,1-4H3/t14?,16-,18+/m0/s1. The summed E-state index contributed by atoms with van der Waals surface area (Å²) in [6.07, 6.45) is 2.76. The molecule has 2 fully saturated rings. The van der Waals surface area contributed by atoms with Crippen molar-refractivity contribution < 1.29 is 0 Å². The van der Waals surface area contributed by atoms with Crippen LogP contribution in [0, 0.1) is 5.92 Å². The number of rotatable bonds is 2. The first-order valence-electron chi connectivity index (χ1n) is 8.53. The van der Waals surface area contributed by atoms with Crippen molar-refractivity contribution in [3.05, 3.63) is 35.4 Å². The monoisotopic (exact) mass is 286 g/mol. The fourth-order valence-electron chi connectivity index (χ4n) is 3.87. The van der Waals surface area contributed by atoms with Crippen LogP contribution in [-0.2, 0) is 5.41 Å². The van der Waals surface area contributed by atoms with Gasteiger partial charge in [0.25, 0.3) is 0 Å². The number of nitrogens with zero attached hydrogens (tertiary/aromatic N) is 1. The summed E-state index contributed by atoms with van der Waals surface area (Å²) in [6, 6.07) is 10.6. The second kappa shape index (κ2) is 5.73. The molecule has 1 N–H and O–H groups in total. The number of nitrogens with one attached hydrogen (secondary N) is 1. The summed E-state index contributed by atoms with van der Waals surface area (Å²) in [5.74, 6) is 0.870. The van der Waals surface area contributed by atoms with Crippen LogP contribution in [0.5, 0.6) is 0 Å². The SMILES string of the molecule is CC(c1ccc(C(C)(C)C)cc1)N1C[C@@H]2CCCN[C@@H]2C1. The maximum absolute atomic E-state index is 3.70.